The summed E-state index contributed by atoms with van der Waals surface area (Å²) in [4.78, 5) is 48.5. The molecule has 3 heterocycles. The summed E-state index contributed by atoms with van der Waals surface area (Å²) < 4.78 is 41.2. The Morgan fingerprint density at radius 1 is 0.787 bits per heavy atom. The third-order valence-corrected chi connectivity index (χ3v) is 9.02. The van der Waals surface area contributed by atoms with Crippen molar-refractivity contribution in [3.8, 4) is 0 Å². The minimum atomic E-state index is -1.26. The molecule has 3 aromatic carbocycles. The van der Waals surface area contributed by atoms with Crippen LogP contribution >= 0.6 is 0 Å². The molecule has 0 radical (unpaired) electrons. The third-order valence-electron chi connectivity index (χ3n) is 9.02. The summed E-state index contributed by atoms with van der Waals surface area (Å²) in [6.07, 6.45) is 5.15. The van der Waals surface area contributed by atoms with Gasteiger partial charge in [0.1, 0.15) is 5.82 Å². The summed E-state index contributed by atoms with van der Waals surface area (Å²) in [6, 6.07) is 16.8. The SMILES string of the molecule is N[C@H](Cc1cc(F)c(F)cc1F)[C@@H]1C[C@H]2CC[C@@H](C1)N2Cc1cccc(CN2C(=O)c3ccccc3C2=O)c1.O=C(O)/C=C\C(=O)O. The van der Waals surface area contributed by atoms with Crippen molar-refractivity contribution in [2.45, 2.75) is 63.3 Å². The fraction of sp³-hybridized carbons (Fsp3) is 0.314. The van der Waals surface area contributed by atoms with Crippen LogP contribution in [0.4, 0.5) is 13.2 Å². The van der Waals surface area contributed by atoms with Crippen molar-refractivity contribution in [1.29, 1.82) is 0 Å². The van der Waals surface area contributed by atoms with Crippen molar-refractivity contribution >= 4 is 23.8 Å². The van der Waals surface area contributed by atoms with E-state index >= 15 is 0 Å². The lowest BCUT2D eigenvalue weighted by Gasteiger charge is -2.41. The van der Waals surface area contributed by atoms with Crippen LogP contribution in [0.1, 0.15) is 63.1 Å². The first-order chi connectivity index (χ1) is 22.4. The molecule has 3 aliphatic heterocycles. The highest BCUT2D eigenvalue weighted by Gasteiger charge is 2.42. The number of carbonyl (C=O) groups excluding carboxylic acids is 2. The van der Waals surface area contributed by atoms with Crippen LogP contribution in [0.3, 0.4) is 0 Å². The number of carbonyl (C=O) groups is 4. The molecule has 47 heavy (non-hydrogen) atoms. The Morgan fingerprint density at radius 3 is 1.87 bits per heavy atom. The molecule has 0 aromatic heterocycles. The van der Waals surface area contributed by atoms with Gasteiger partial charge in [-0.2, -0.15) is 0 Å². The molecule has 4 atom stereocenters. The Bertz CT molecular complexity index is 1670. The number of imide groups is 1. The fourth-order valence-electron chi connectivity index (χ4n) is 6.81. The van der Waals surface area contributed by atoms with Gasteiger partial charge in [-0.15, -0.1) is 0 Å². The van der Waals surface area contributed by atoms with Crippen molar-refractivity contribution < 1.29 is 42.6 Å². The molecule has 3 aromatic rings. The van der Waals surface area contributed by atoms with Crippen molar-refractivity contribution in [2.24, 2.45) is 11.7 Å². The average Bonchev–Trinajstić information content (AvgIpc) is 3.39. The first kappa shape index (κ1) is 33.6. The molecule has 246 valence electrons. The maximum Gasteiger partial charge on any atom is 0.328 e. The normalized spacial score (nSPS) is 21.0. The van der Waals surface area contributed by atoms with E-state index in [1.165, 1.54) is 4.90 Å². The van der Waals surface area contributed by atoms with Crippen molar-refractivity contribution in [2.75, 3.05) is 0 Å². The smallest absolute Gasteiger partial charge is 0.328 e. The van der Waals surface area contributed by atoms with Crippen molar-refractivity contribution in [3.05, 3.63) is 118 Å². The number of fused-ring (bicyclic) bond motifs is 3. The number of hydrogen-bond acceptors (Lipinski definition) is 6. The first-order valence-corrected chi connectivity index (χ1v) is 15.2. The number of carboxylic acids is 2. The van der Waals surface area contributed by atoms with E-state index in [9.17, 15) is 32.3 Å². The molecule has 2 fully saturated rings. The molecule has 6 rings (SSSR count). The number of nitrogens with zero attached hydrogens (tertiary/aromatic N) is 2. The van der Waals surface area contributed by atoms with Crippen LogP contribution in [0.15, 0.2) is 72.8 Å². The van der Waals surface area contributed by atoms with Gasteiger partial charge in [-0.1, -0.05) is 36.4 Å². The molecular weight excluding hydrogens is 615 g/mol. The van der Waals surface area contributed by atoms with E-state index in [2.05, 4.69) is 17.0 Å². The zero-order valence-electron chi connectivity index (χ0n) is 25.3. The minimum Gasteiger partial charge on any atom is -0.478 e. The van der Waals surface area contributed by atoms with Crippen LogP contribution in [0.25, 0.3) is 0 Å². The van der Waals surface area contributed by atoms with Gasteiger partial charge in [0.2, 0.25) is 0 Å². The fourth-order valence-corrected chi connectivity index (χ4v) is 6.81. The summed E-state index contributed by atoms with van der Waals surface area (Å²) in [5, 5.41) is 15.6. The second-order valence-corrected chi connectivity index (χ2v) is 12.1. The molecule has 0 unspecified atom stereocenters. The number of aliphatic carboxylic acids is 2. The first-order valence-electron chi connectivity index (χ1n) is 15.2. The Labute approximate surface area is 269 Å². The number of carboxylic acid groups (broad SMARTS) is 2. The lowest BCUT2D eigenvalue weighted by atomic mass is 9.82. The maximum atomic E-state index is 14.2. The maximum absolute atomic E-state index is 14.2. The van der Waals surface area contributed by atoms with Crippen LogP contribution in [-0.2, 0) is 29.1 Å². The van der Waals surface area contributed by atoms with Crippen LogP contribution in [0.2, 0.25) is 0 Å². The summed E-state index contributed by atoms with van der Waals surface area (Å²) in [7, 11) is 0. The average molecular weight is 650 g/mol. The van der Waals surface area contributed by atoms with E-state index in [-0.39, 0.29) is 42.3 Å². The van der Waals surface area contributed by atoms with Crippen LogP contribution in [-0.4, -0.2) is 61.9 Å². The summed E-state index contributed by atoms with van der Waals surface area (Å²) in [6.45, 7) is 0.982. The Balaban J connectivity index is 0.000000483. The minimum absolute atomic E-state index is 0.117. The molecule has 0 spiro atoms. The number of rotatable bonds is 9. The zero-order valence-corrected chi connectivity index (χ0v) is 25.3. The Kier molecular flexibility index (Phi) is 10.2. The standard InChI is InChI=1S/C31H30F3N3O2.C4H4O4/c32-26-15-28(34)27(33)13-20(26)14-29(35)21-11-22-8-9-23(12-21)36(22)16-18-4-3-5-19(10-18)17-37-30(38)24-6-1-2-7-25(24)31(37)39;5-3(6)1-2-4(7)8/h1-7,10,13,15,21-23,29H,8-9,11-12,14,16-17,35H2;1-2H,(H,5,6)(H,7,8)/b;2-1-/t21-,22-,23+,29-;/m1./s1. The Hall–Kier alpha value is -4.81. The van der Waals surface area contributed by atoms with Gasteiger partial charge >= 0.3 is 11.9 Å². The molecule has 0 aliphatic carbocycles. The van der Waals surface area contributed by atoms with Gasteiger partial charge in [0.15, 0.2) is 11.6 Å². The predicted octanol–water partition coefficient (Wildman–Crippen LogP) is 4.92. The number of piperidine rings is 1. The Morgan fingerprint density at radius 2 is 1.32 bits per heavy atom. The van der Waals surface area contributed by atoms with Gasteiger partial charge in [-0.3, -0.25) is 19.4 Å². The number of nitrogens with two attached hydrogens (primary N) is 1. The summed E-state index contributed by atoms with van der Waals surface area (Å²) >= 11 is 0. The van der Waals surface area contributed by atoms with Crippen LogP contribution in [0, 0.1) is 23.4 Å². The van der Waals surface area contributed by atoms with Gasteiger partial charge in [0.25, 0.3) is 11.8 Å². The molecule has 2 bridgehead atoms. The molecule has 0 saturated carbocycles. The summed E-state index contributed by atoms with van der Waals surface area (Å²) in [5.41, 5.74) is 9.51. The van der Waals surface area contributed by atoms with Gasteiger partial charge < -0.3 is 15.9 Å². The highest BCUT2D eigenvalue weighted by molar-refractivity contribution is 6.21. The largest absolute Gasteiger partial charge is 0.478 e. The van der Waals surface area contributed by atoms with Crippen molar-refractivity contribution in [1.82, 2.24) is 9.80 Å². The van der Waals surface area contributed by atoms with Gasteiger partial charge in [-0.25, -0.2) is 22.8 Å². The molecule has 12 heteroatoms. The highest BCUT2D eigenvalue weighted by Crippen LogP contribution is 2.41. The number of amides is 2. The van der Waals surface area contributed by atoms with Gasteiger partial charge in [0, 0.05) is 42.9 Å². The molecule has 4 N–H and O–H groups in total. The zero-order chi connectivity index (χ0) is 33.8. The van der Waals surface area contributed by atoms with Gasteiger partial charge in [-0.05, 0) is 72.9 Å². The number of halogens is 3. The van der Waals surface area contributed by atoms with E-state index in [0.717, 1.165) is 49.4 Å². The van der Waals surface area contributed by atoms with Crippen LogP contribution < -0.4 is 5.73 Å². The second kappa shape index (κ2) is 14.3. The number of benzene rings is 3. The number of hydrogen-bond donors (Lipinski definition) is 3. The molecule has 3 aliphatic rings. The molecule has 9 nitrogen and oxygen atoms in total. The van der Waals surface area contributed by atoms with E-state index < -0.39 is 29.4 Å². The van der Waals surface area contributed by atoms with E-state index in [1.807, 2.05) is 12.1 Å². The lowest BCUT2D eigenvalue weighted by molar-refractivity contribution is -0.134. The molecular formula is C35H34F3N3O6. The monoisotopic (exact) mass is 649 g/mol. The van der Waals surface area contributed by atoms with E-state index in [4.69, 9.17) is 15.9 Å². The van der Waals surface area contributed by atoms with Crippen molar-refractivity contribution in [3.63, 3.8) is 0 Å². The van der Waals surface area contributed by atoms with Gasteiger partial charge in [0.05, 0.1) is 17.7 Å². The molecule has 2 amide bonds. The highest BCUT2D eigenvalue weighted by atomic mass is 19.2. The molecule has 2 saturated heterocycles. The predicted molar refractivity (Wildman–Crippen MR) is 165 cm³/mol. The summed E-state index contributed by atoms with van der Waals surface area (Å²) in [5.74, 6) is -5.87. The quantitative estimate of drug-likeness (QED) is 0.169. The van der Waals surface area contributed by atoms with E-state index in [0.29, 0.717) is 41.4 Å². The van der Waals surface area contributed by atoms with E-state index in [1.54, 1.807) is 24.3 Å². The second-order valence-electron chi connectivity index (χ2n) is 12.1. The topological polar surface area (TPSA) is 141 Å². The van der Waals surface area contributed by atoms with Crippen LogP contribution in [0.5, 0.6) is 0 Å². The third kappa shape index (κ3) is 7.78. The lowest BCUT2D eigenvalue weighted by Crippen LogP contribution is -2.47.